The van der Waals surface area contributed by atoms with E-state index < -0.39 is 17.9 Å². The fourth-order valence-electron chi connectivity index (χ4n) is 2.45. The van der Waals surface area contributed by atoms with Crippen LogP contribution >= 0.6 is 0 Å². The standard InChI is InChI=1S/C20H23NO4/c1-2-3-13-18(20(23)24)21-19(22)17-12-8-7-9-15(17)14-25-16-10-5-4-6-11-16/h4-12,18H,2-3,13-14H2,1H3,(H,21,22)(H,23,24)/t18-/m0/s1. The molecular formula is C20H23NO4. The molecule has 2 aromatic carbocycles. The first kappa shape index (κ1) is 18.5. The van der Waals surface area contributed by atoms with Crippen LogP contribution in [0.4, 0.5) is 0 Å². The molecule has 2 rings (SSSR count). The van der Waals surface area contributed by atoms with Crippen LogP contribution in [-0.2, 0) is 11.4 Å². The molecule has 0 radical (unpaired) electrons. The van der Waals surface area contributed by atoms with Gasteiger partial charge in [-0.15, -0.1) is 0 Å². The maximum Gasteiger partial charge on any atom is 0.326 e. The monoisotopic (exact) mass is 341 g/mol. The minimum absolute atomic E-state index is 0.236. The summed E-state index contributed by atoms with van der Waals surface area (Å²) in [5, 5.41) is 11.9. The Kier molecular flexibility index (Phi) is 7.01. The summed E-state index contributed by atoms with van der Waals surface area (Å²) in [5.74, 6) is -0.695. The number of amides is 1. The third kappa shape index (κ3) is 5.64. The molecule has 0 saturated heterocycles. The molecule has 0 unspecified atom stereocenters. The number of carboxylic acid groups (broad SMARTS) is 1. The van der Waals surface area contributed by atoms with Gasteiger partial charge in [-0.05, 0) is 24.6 Å². The van der Waals surface area contributed by atoms with Gasteiger partial charge < -0.3 is 15.2 Å². The molecule has 5 nitrogen and oxygen atoms in total. The molecule has 0 aromatic heterocycles. The molecule has 1 amide bonds. The summed E-state index contributed by atoms with van der Waals surface area (Å²) < 4.78 is 5.70. The molecule has 0 aliphatic carbocycles. The Morgan fingerprint density at radius 2 is 1.76 bits per heavy atom. The molecule has 0 aliphatic heterocycles. The van der Waals surface area contributed by atoms with Gasteiger partial charge in [0.25, 0.3) is 5.91 Å². The lowest BCUT2D eigenvalue weighted by atomic mass is 10.1. The van der Waals surface area contributed by atoms with Crippen molar-refractivity contribution in [1.82, 2.24) is 5.32 Å². The first-order chi connectivity index (χ1) is 12.1. The predicted octanol–water partition coefficient (Wildman–Crippen LogP) is 3.64. The number of carbonyl (C=O) groups is 2. The minimum Gasteiger partial charge on any atom is -0.489 e. The van der Waals surface area contributed by atoms with Crippen LogP contribution in [0.25, 0.3) is 0 Å². The topological polar surface area (TPSA) is 75.6 Å². The zero-order valence-electron chi connectivity index (χ0n) is 14.3. The fourth-order valence-corrected chi connectivity index (χ4v) is 2.45. The van der Waals surface area contributed by atoms with E-state index >= 15 is 0 Å². The smallest absolute Gasteiger partial charge is 0.326 e. The third-order valence-corrected chi connectivity index (χ3v) is 3.85. The summed E-state index contributed by atoms with van der Waals surface area (Å²) in [7, 11) is 0. The molecular weight excluding hydrogens is 318 g/mol. The highest BCUT2D eigenvalue weighted by atomic mass is 16.5. The van der Waals surface area contributed by atoms with E-state index in [1.54, 1.807) is 18.2 Å². The second kappa shape index (κ2) is 9.47. The Hall–Kier alpha value is -2.82. The van der Waals surface area contributed by atoms with Crippen molar-refractivity contribution in [3.05, 3.63) is 65.7 Å². The average molecular weight is 341 g/mol. The van der Waals surface area contributed by atoms with Crippen molar-refractivity contribution in [3.8, 4) is 5.75 Å². The van der Waals surface area contributed by atoms with E-state index in [0.717, 1.165) is 12.8 Å². The van der Waals surface area contributed by atoms with Crippen LogP contribution in [0.2, 0.25) is 0 Å². The number of aliphatic carboxylic acids is 1. The molecule has 25 heavy (non-hydrogen) atoms. The Balaban J connectivity index is 2.07. The zero-order valence-corrected chi connectivity index (χ0v) is 14.3. The second-order valence-electron chi connectivity index (χ2n) is 5.77. The number of benzene rings is 2. The predicted molar refractivity (Wildman–Crippen MR) is 95.6 cm³/mol. The lowest BCUT2D eigenvalue weighted by molar-refractivity contribution is -0.139. The maximum atomic E-state index is 12.5. The van der Waals surface area contributed by atoms with Gasteiger partial charge in [-0.2, -0.15) is 0 Å². The lowest BCUT2D eigenvalue weighted by Crippen LogP contribution is -2.41. The number of hydrogen-bond acceptors (Lipinski definition) is 3. The fraction of sp³-hybridized carbons (Fsp3) is 0.300. The van der Waals surface area contributed by atoms with E-state index in [-0.39, 0.29) is 6.61 Å². The van der Waals surface area contributed by atoms with Crippen LogP contribution in [-0.4, -0.2) is 23.0 Å². The molecule has 0 fully saturated rings. The highest BCUT2D eigenvalue weighted by Crippen LogP contribution is 2.15. The van der Waals surface area contributed by atoms with E-state index in [0.29, 0.717) is 23.3 Å². The summed E-state index contributed by atoms with van der Waals surface area (Å²) in [6.45, 7) is 2.22. The number of nitrogens with one attached hydrogen (secondary N) is 1. The molecule has 132 valence electrons. The van der Waals surface area contributed by atoms with E-state index in [4.69, 9.17) is 4.74 Å². The number of hydrogen-bond donors (Lipinski definition) is 2. The van der Waals surface area contributed by atoms with Gasteiger partial charge in [0, 0.05) is 11.1 Å². The van der Waals surface area contributed by atoms with Crippen LogP contribution in [0, 0.1) is 0 Å². The summed E-state index contributed by atoms with van der Waals surface area (Å²) in [5.41, 5.74) is 1.14. The number of unbranched alkanes of at least 4 members (excludes halogenated alkanes) is 1. The normalized spacial score (nSPS) is 11.6. The van der Waals surface area contributed by atoms with Gasteiger partial charge in [-0.3, -0.25) is 4.79 Å². The van der Waals surface area contributed by atoms with Gasteiger partial charge >= 0.3 is 5.97 Å². The molecule has 0 bridgehead atoms. The molecule has 2 aromatic rings. The van der Waals surface area contributed by atoms with Gasteiger partial charge in [-0.25, -0.2) is 4.79 Å². The Morgan fingerprint density at radius 3 is 2.44 bits per heavy atom. The summed E-state index contributed by atoms with van der Waals surface area (Å²) in [6, 6.07) is 15.5. The van der Waals surface area contributed by atoms with Crippen molar-refractivity contribution in [3.63, 3.8) is 0 Å². The van der Waals surface area contributed by atoms with Crippen molar-refractivity contribution >= 4 is 11.9 Å². The molecule has 0 spiro atoms. The minimum atomic E-state index is -1.01. The summed E-state index contributed by atoms with van der Waals surface area (Å²) >= 11 is 0. The molecule has 0 aliphatic rings. The molecule has 0 saturated carbocycles. The quantitative estimate of drug-likeness (QED) is 0.730. The number of ether oxygens (including phenoxy) is 1. The molecule has 2 N–H and O–H groups in total. The van der Waals surface area contributed by atoms with Crippen LogP contribution in [0.5, 0.6) is 5.75 Å². The van der Waals surface area contributed by atoms with Gasteiger partial charge in [0.15, 0.2) is 0 Å². The van der Waals surface area contributed by atoms with Gasteiger partial charge in [-0.1, -0.05) is 56.2 Å². The number of rotatable bonds is 9. The maximum absolute atomic E-state index is 12.5. The van der Waals surface area contributed by atoms with Crippen molar-refractivity contribution in [2.24, 2.45) is 0 Å². The Labute approximate surface area is 147 Å². The summed E-state index contributed by atoms with van der Waals surface area (Å²) in [6.07, 6.45) is 2.04. The first-order valence-corrected chi connectivity index (χ1v) is 8.41. The van der Waals surface area contributed by atoms with E-state index in [2.05, 4.69) is 5.32 Å². The Morgan fingerprint density at radius 1 is 1.08 bits per heavy atom. The van der Waals surface area contributed by atoms with E-state index in [1.807, 2.05) is 43.3 Å². The second-order valence-corrected chi connectivity index (χ2v) is 5.77. The highest BCUT2D eigenvalue weighted by molar-refractivity contribution is 5.97. The number of carboxylic acids is 1. The number of carbonyl (C=O) groups excluding carboxylic acids is 1. The van der Waals surface area contributed by atoms with Gasteiger partial charge in [0.2, 0.25) is 0 Å². The van der Waals surface area contributed by atoms with Crippen molar-refractivity contribution in [2.75, 3.05) is 0 Å². The van der Waals surface area contributed by atoms with Crippen LogP contribution in [0.15, 0.2) is 54.6 Å². The number of para-hydroxylation sites is 1. The SMILES string of the molecule is CCCC[C@H](NC(=O)c1ccccc1COc1ccccc1)C(=O)O. The van der Waals surface area contributed by atoms with Crippen molar-refractivity contribution < 1.29 is 19.4 Å². The van der Waals surface area contributed by atoms with Crippen LogP contribution in [0.3, 0.4) is 0 Å². The molecule has 1 atom stereocenters. The van der Waals surface area contributed by atoms with E-state index in [1.165, 1.54) is 0 Å². The van der Waals surface area contributed by atoms with Crippen LogP contribution < -0.4 is 10.1 Å². The third-order valence-electron chi connectivity index (χ3n) is 3.85. The molecule has 0 heterocycles. The first-order valence-electron chi connectivity index (χ1n) is 8.41. The molecule has 5 heteroatoms. The lowest BCUT2D eigenvalue weighted by Gasteiger charge is -2.16. The van der Waals surface area contributed by atoms with Gasteiger partial charge in [0.05, 0.1) is 0 Å². The van der Waals surface area contributed by atoms with Crippen LogP contribution in [0.1, 0.15) is 42.1 Å². The Bertz CT molecular complexity index is 700. The van der Waals surface area contributed by atoms with Crippen molar-refractivity contribution in [2.45, 2.75) is 38.8 Å². The summed E-state index contributed by atoms with van der Waals surface area (Å²) in [4.78, 5) is 23.9. The van der Waals surface area contributed by atoms with E-state index in [9.17, 15) is 14.7 Å². The van der Waals surface area contributed by atoms with Crippen molar-refractivity contribution in [1.29, 1.82) is 0 Å². The zero-order chi connectivity index (χ0) is 18.1. The van der Waals surface area contributed by atoms with Gasteiger partial charge in [0.1, 0.15) is 18.4 Å². The highest BCUT2D eigenvalue weighted by Gasteiger charge is 2.21. The largest absolute Gasteiger partial charge is 0.489 e. The average Bonchev–Trinajstić information content (AvgIpc) is 2.64.